The molecule has 1 saturated heterocycles. The highest BCUT2D eigenvalue weighted by molar-refractivity contribution is 6.76. The number of ether oxygens (including phenoxy) is 2. The fourth-order valence-electron chi connectivity index (χ4n) is 5.08. The summed E-state index contributed by atoms with van der Waals surface area (Å²) in [6, 6.07) is 10.3. The largest absolute Gasteiger partial charge is 0.444 e. The van der Waals surface area contributed by atoms with Crippen molar-refractivity contribution < 1.29 is 23.9 Å². The number of nitriles is 1. The highest BCUT2D eigenvalue weighted by Gasteiger charge is 2.30. The standard InChI is InChI=1S/C36H49N7O5Si/c1-35(2,3)31(44)27-23-43(24-47-18-19-49(7,8)9)32-30(27)40-29(22-38-32)39-28-13-11-10-12-25(28)20-26(21-37)33(45)41-14-16-42(17-15-41)34(46)48-36(4,5)6/h10-13,20,22-23H,14-19,24H2,1-9H3,(H,39,40). The number of anilines is 2. The Morgan fingerprint density at radius 2 is 1.67 bits per heavy atom. The van der Waals surface area contributed by atoms with Crippen LogP contribution >= 0.6 is 0 Å². The van der Waals surface area contributed by atoms with Crippen LogP contribution in [0.2, 0.25) is 25.7 Å². The van der Waals surface area contributed by atoms with Gasteiger partial charge in [-0.1, -0.05) is 58.6 Å². The third-order valence-corrected chi connectivity index (χ3v) is 9.51. The van der Waals surface area contributed by atoms with Crippen LogP contribution in [0.25, 0.3) is 17.2 Å². The number of nitrogens with one attached hydrogen (secondary N) is 1. The predicted molar refractivity (Wildman–Crippen MR) is 193 cm³/mol. The van der Waals surface area contributed by atoms with Crippen LogP contribution in [0.3, 0.4) is 0 Å². The van der Waals surface area contributed by atoms with Gasteiger partial charge in [-0.05, 0) is 44.5 Å². The minimum absolute atomic E-state index is 0.0363. The van der Waals surface area contributed by atoms with E-state index >= 15 is 0 Å². The molecule has 0 aliphatic carbocycles. The van der Waals surface area contributed by atoms with Crippen LogP contribution in [-0.2, 0) is 21.0 Å². The number of nitrogens with zero attached hydrogens (tertiary/aromatic N) is 6. The number of ketones is 1. The second-order valence-corrected chi connectivity index (χ2v) is 21.1. The van der Waals surface area contributed by atoms with Crippen LogP contribution in [0, 0.1) is 16.7 Å². The minimum Gasteiger partial charge on any atom is -0.444 e. The Kier molecular flexibility index (Phi) is 11.4. The van der Waals surface area contributed by atoms with Gasteiger partial charge in [0.05, 0.1) is 11.8 Å². The molecule has 0 atom stereocenters. The number of benzene rings is 1. The second-order valence-electron chi connectivity index (χ2n) is 15.5. The maximum atomic E-state index is 13.5. The maximum absolute atomic E-state index is 13.5. The third-order valence-electron chi connectivity index (χ3n) is 7.81. The summed E-state index contributed by atoms with van der Waals surface area (Å²) >= 11 is 0. The number of Topliss-reactive ketones (excluding diaryl/α,β-unsaturated/α-hetero) is 1. The second kappa shape index (κ2) is 14.9. The fraction of sp³-hybridized carbons (Fsp3) is 0.500. The van der Waals surface area contributed by atoms with Gasteiger partial charge >= 0.3 is 6.09 Å². The van der Waals surface area contributed by atoms with Crippen LogP contribution in [0.1, 0.15) is 57.5 Å². The molecular formula is C36H49N7O5Si. The third kappa shape index (κ3) is 9.99. The molecule has 3 aromatic rings. The normalized spacial score (nSPS) is 14.5. The van der Waals surface area contributed by atoms with Crippen LogP contribution in [0.5, 0.6) is 0 Å². The van der Waals surface area contributed by atoms with Crippen molar-refractivity contribution >= 4 is 54.6 Å². The van der Waals surface area contributed by atoms with E-state index < -0.39 is 31.1 Å². The van der Waals surface area contributed by atoms with Gasteiger partial charge in [0.15, 0.2) is 11.4 Å². The number of carbonyl (C=O) groups excluding carboxylic acids is 3. The lowest BCUT2D eigenvalue weighted by molar-refractivity contribution is -0.128. The van der Waals surface area contributed by atoms with Gasteiger partial charge in [0, 0.05) is 58.2 Å². The van der Waals surface area contributed by atoms with Gasteiger partial charge in [0.2, 0.25) is 0 Å². The van der Waals surface area contributed by atoms with Gasteiger partial charge in [-0.15, -0.1) is 0 Å². The molecule has 1 aliphatic heterocycles. The Morgan fingerprint density at radius 1 is 1.02 bits per heavy atom. The summed E-state index contributed by atoms with van der Waals surface area (Å²) in [5.74, 6) is -0.0740. The molecule has 1 fully saturated rings. The van der Waals surface area contributed by atoms with Gasteiger partial charge in [0.25, 0.3) is 5.91 Å². The first-order valence-corrected chi connectivity index (χ1v) is 20.3. The molecule has 0 saturated carbocycles. The van der Waals surface area contributed by atoms with Crippen molar-refractivity contribution in [1.29, 1.82) is 5.26 Å². The predicted octanol–water partition coefficient (Wildman–Crippen LogP) is 6.70. The molecule has 13 heteroatoms. The van der Waals surface area contributed by atoms with Gasteiger partial charge in [-0.25, -0.2) is 14.8 Å². The maximum Gasteiger partial charge on any atom is 0.410 e. The number of carbonyl (C=O) groups is 3. The van der Waals surface area contributed by atoms with E-state index in [-0.39, 0.29) is 31.2 Å². The van der Waals surface area contributed by atoms with E-state index in [1.165, 1.54) is 0 Å². The van der Waals surface area contributed by atoms with Gasteiger partial charge in [-0.3, -0.25) is 9.59 Å². The fourth-order valence-corrected chi connectivity index (χ4v) is 5.84. The molecule has 0 bridgehead atoms. The van der Waals surface area contributed by atoms with Gasteiger partial charge in [-0.2, -0.15) is 5.26 Å². The molecular weight excluding hydrogens is 639 g/mol. The van der Waals surface area contributed by atoms with Crippen molar-refractivity contribution in [2.45, 2.75) is 79.6 Å². The summed E-state index contributed by atoms with van der Waals surface area (Å²) in [6.07, 6.45) is 4.48. The average Bonchev–Trinajstić information content (AvgIpc) is 3.37. The number of amides is 2. The molecule has 3 heterocycles. The summed E-state index contributed by atoms with van der Waals surface area (Å²) in [7, 11) is -1.26. The molecule has 1 aliphatic rings. The van der Waals surface area contributed by atoms with E-state index in [1.807, 2.05) is 43.5 Å². The minimum atomic E-state index is -1.26. The molecule has 1 N–H and O–H groups in total. The number of aromatic nitrogens is 3. The summed E-state index contributed by atoms with van der Waals surface area (Å²) in [5, 5.41) is 13.3. The number of fused-ring (bicyclic) bond motifs is 1. The van der Waals surface area contributed by atoms with Crippen LogP contribution in [0.15, 0.2) is 42.2 Å². The molecule has 49 heavy (non-hydrogen) atoms. The molecule has 12 nitrogen and oxygen atoms in total. The van der Waals surface area contributed by atoms with Crippen molar-refractivity contribution in [3.8, 4) is 6.07 Å². The van der Waals surface area contributed by atoms with E-state index in [1.54, 1.807) is 55.1 Å². The van der Waals surface area contributed by atoms with Crippen LogP contribution in [-0.4, -0.2) is 88.6 Å². The number of piperazine rings is 1. The zero-order valence-electron chi connectivity index (χ0n) is 30.2. The molecule has 0 radical (unpaired) electrons. The Morgan fingerprint density at radius 3 is 2.29 bits per heavy atom. The van der Waals surface area contributed by atoms with Crippen molar-refractivity contribution in [3.63, 3.8) is 0 Å². The van der Waals surface area contributed by atoms with E-state index in [0.717, 1.165) is 6.04 Å². The lowest BCUT2D eigenvalue weighted by Crippen LogP contribution is -2.51. The molecule has 0 unspecified atom stereocenters. The number of hydrogen-bond donors (Lipinski definition) is 1. The lowest BCUT2D eigenvalue weighted by Gasteiger charge is -2.35. The van der Waals surface area contributed by atoms with Crippen molar-refractivity contribution in [2.75, 3.05) is 38.1 Å². The first kappa shape index (κ1) is 37.3. The number of hydrogen-bond acceptors (Lipinski definition) is 9. The molecule has 2 amide bonds. The Bertz CT molecular complexity index is 1760. The quantitative estimate of drug-likeness (QED) is 0.0810. The smallest absolute Gasteiger partial charge is 0.410 e. The summed E-state index contributed by atoms with van der Waals surface area (Å²) in [4.78, 5) is 52.0. The first-order valence-electron chi connectivity index (χ1n) is 16.6. The first-order chi connectivity index (χ1) is 22.9. The Labute approximate surface area is 290 Å². The average molecular weight is 688 g/mol. The Hall–Kier alpha value is -4.54. The number of para-hydroxylation sites is 1. The van der Waals surface area contributed by atoms with Crippen molar-refractivity contribution in [1.82, 2.24) is 24.3 Å². The summed E-state index contributed by atoms with van der Waals surface area (Å²) in [5.41, 5.74) is 1.39. The number of rotatable bonds is 10. The Balaban J connectivity index is 1.56. The van der Waals surface area contributed by atoms with Gasteiger partial charge in [0.1, 0.15) is 35.3 Å². The highest BCUT2D eigenvalue weighted by Crippen LogP contribution is 2.29. The molecule has 2 aromatic heterocycles. The van der Waals surface area contributed by atoms with E-state index in [2.05, 4.69) is 36.0 Å². The molecule has 4 rings (SSSR count). The lowest BCUT2D eigenvalue weighted by atomic mass is 9.87. The van der Waals surface area contributed by atoms with E-state index in [9.17, 15) is 19.6 Å². The highest BCUT2D eigenvalue weighted by atomic mass is 28.3. The zero-order valence-corrected chi connectivity index (χ0v) is 31.2. The van der Waals surface area contributed by atoms with Crippen LogP contribution < -0.4 is 5.32 Å². The topological polar surface area (TPSA) is 143 Å². The summed E-state index contributed by atoms with van der Waals surface area (Å²) in [6.45, 7) is 20.0. The SMILES string of the molecule is CC(C)(C)OC(=O)N1CCN(C(=O)C(C#N)=Cc2ccccc2Nc2cnc3c(n2)c(C(=O)C(C)(C)C)cn3COCC[Si](C)(C)C)CC1. The van der Waals surface area contributed by atoms with E-state index in [0.29, 0.717) is 53.5 Å². The van der Waals surface area contributed by atoms with Crippen molar-refractivity contribution in [3.05, 3.63) is 53.4 Å². The van der Waals surface area contributed by atoms with Gasteiger partial charge < -0.3 is 29.2 Å². The van der Waals surface area contributed by atoms with E-state index in [4.69, 9.17) is 14.5 Å². The molecule has 262 valence electrons. The molecule has 1 aromatic carbocycles. The van der Waals surface area contributed by atoms with Crippen molar-refractivity contribution in [2.24, 2.45) is 5.41 Å². The summed E-state index contributed by atoms with van der Waals surface area (Å²) < 4.78 is 13.3. The monoisotopic (exact) mass is 687 g/mol. The molecule has 0 spiro atoms. The van der Waals surface area contributed by atoms with Crippen LogP contribution in [0.4, 0.5) is 16.3 Å². The zero-order chi connectivity index (χ0) is 36.1.